The number of hydrogen-bond donors (Lipinski definition) is 1. The van der Waals surface area contributed by atoms with Crippen molar-refractivity contribution in [1.29, 1.82) is 0 Å². The Balaban J connectivity index is 2.31. The van der Waals surface area contributed by atoms with Gasteiger partial charge < -0.3 is 15.0 Å². The Kier molecular flexibility index (Phi) is 3.98. The molecule has 0 aliphatic carbocycles. The van der Waals surface area contributed by atoms with Crippen LogP contribution in [0.15, 0.2) is 27.2 Å². The van der Waals surface area contributed by atoms with Gasteiger partial charge in [0.2, 0.25) is 11.7 Å². The molecule has 18 heavy (non-hydrogen) atoms. The minimum absolute atomic E-state index is 0.0629. The number of halogens is 1. The third kappa shape index (κ3) is 2.54. The smallest absolute Gasteiger partial charge is 0.231 e. The lowest BCUT2D eigenvalue weighted by Crippen LogP contribution is -2.08. The minimum atomic E-state index is 0.0629. The SMILES string of the molecule is COc1ccc(-c2noc(C(C)CN)n2)cc1Br. The summed E-state index contributed by atoms with van der Waals surface area (Å²) in [6, 6.07) is 5.62. The van der Waals surface area contributed by atoms with E-state index in [0.717, 1.165) is 15.8 Å². The van der Waals surface area contributed by atoms with Crippen molar-refractivity contribution in [2.45, 2.75) is 12.8 Å². The lowest BCUT2D eigenvalue weighted by atomic mass is 10.2. The Morgan fingerprint density at radius 1 is 1.50 bits per heavy atom. The van der Waals surface area contributed by atoms with Crippen molar-refractivity contribution in [2.75, 3.05) is 13.7 Å². The monoisotopic (exact) mass is 311 g/mol. The van der Waals surface area contributed by atoms with Crippen LogP contribution in [0.1, 0.15) is 18.7 Å². The van der Waals surface area contributed by atoms with Crippen molar-refractivity contribution in [3.8, 4) is 17.1 Å². The van der Waals surface area contributed by atoms with Gasteiger partial charge in [-0.05, 0) is 34.1 Å². The first-order chi connectivity index (χ1) is 8.65. The molecular formula is C12H14BrN3O2. The van der Waals surface area contributed by atoms with Crippen LogP contribution in [-0.2, 0) is 0 Å². The fraction of sp³-hybridized carbons (Fsp3) is 0.333. The fourth-order valence-electron chi connectivity index (χ4n) is 1.46. The van der Waals surface area contributed by atoms with Crippen LogP contribution in [0.2, 0.25) is 0 Å². The highest BCUT2D eigenvalue weighted by Crippen LogP contribution is 2.29. The standard InChI is InChI=1S/C12H14BrN3O2/c1-7(6-14)12-15-11(16-18-12)8-3-4-10(17-2)9(13)5-8/h3-5,7H,6,14H2,1-2H3. The molecule has 1 aromatic heterocycles. The zero-order chi connectivity index (χ0) is 13.1. The van der Waals surface area contributed by atoms with Crippen LogP contribution in [0.4, 0.5) is 0 Å². The third-order valence-corrected chi connectivity index (χ3v) is 3.25. The number of aromatic nitrogens is 2. The zero-order valence-electron chi connectivity index (χ0n) is 10.2. The molecule has 0 saturated heterocycles. The molecule has 1 heterocycles. The van der Waals surface area contributed by atoms with Gasteiger partial charge in [-0.1, -0.05) is 12.1 Å². The van der Waals surface area contributed by atoms with Crippen molar-refractivity contribution in [2.24, 2.45) is 5.73 Å². The second kappa shape index (κ2) is 5.49. The predicted molar refractivity (Wildman–Crippen MR) is 71.5 cm³/mol. The van der Waals surface area contributed by atoms with Crippen LogP contribution < -0.4 is 10.5 Å². The van der Waals surface area contributed by atoms with Gasteiger partial charge in [-0.15, -0.1) is 0 Å². The summed E-state index contributed by atoms with van der Waals surface area (Å²) in [5.74, 6) is 1.93. The summed E-state index contributed by atoms with van der Waals surface area (Å²) < 4.78 is 11.2. The largest absolute Gasteiger partial charge is 0.496 e. The normalized spacial score (nSPS) is 12.4. The van der Waals surface area contributed by atoms with E-state index < -0.39 is 0 Å². The van der Waals surface area contributed by atoms with E-state index in [-0.39, 0.29) is 5.92 Å². The molecule has 0 fully saturated rings. The van der Waals surface area contributed by atoms with Crippen LogP contribution >= 0.6 is 15.9 Å². The van der Waals surface area contributed by atoms with Crippen LogP contribution in [0.3, 0.4) is 0 Å². The number of hydrogen-bond acceptors (Lipinski definition) is 5. The van der Waals surface area contributed by atoms with Gasteiger partial charge in [-0.25, -0.2) is 0 Å². The Bertz CT molecular complexity index is 542. The van der Waals surface area contributed by atoms with E-state index in [9.17, 15) is 0 Å². The molecule has 2 aromatic rings. The van der Waals surface area contributed by atoms with Gasteiger partial charge in [0, 0.05) is 18.0 Å². The molecular weight excluding hydrogens is 298 g/mol. The van der Waals surface area contributed by atoms with Crippen molar-refractivity contribution < 1.29 is 9.26 Å². The molecule has 96 valence electrons. The molecule has 2 rings (SSSR count). The second-order valence-corrected chi connectivity index (χ2v) is 4.80. The summed E-state index contributed by atoms with van der Waals surface area (Å²) in [6.07, 6.45) is 0. The lowest BCUT2D eigenvalue weighted by molar-refractivity contribution is 0.361. The summed E-state index contributed by atoms with van der Waals surface area (Å²) in [5, 5.41) is 3.95. The van der Waals surface area contributed by atoms with Crippen LogP contribution in [0.5, 0.6) is 5.75 Å². The van der Waals surface area contributed by atoms with Gasteiger partial charge in [-0.3, -0.25) is 0 Å². The van der Waals surface area contributed by atoms with E-state index in [2.05, 4.69) is 26.1 Å². The predicted octanol–water partition coefficient (Wildman–Crippen LogP) is 2.57. The van der Waals surface area contributed by atoms with Gasteiger partial charge in [0.1, 0.15) is 5.75 Å². The highest BCUT2D eigenvalue weighted by molar-refractivity contribution is 9.10. The Morgan fingerprint density at radius 3 is 2.89 bits per heavy atom. The van der Waals surface area contributed by atoms with Crippen molar-refractivity contribution in [1.82, 2.24) is 10.1 Å². The number of rotatable bonds is 4. The van der Waals surface area contributed by atoms with Crippen molar-refractivity contribution >= 4 is 15.9 Å². The van der Waals surface area contributed by atoms with Gasteiger partial charge in [0.05, 0.1) is 11.6 Å². The Labute approximate surface area is 113 Å². The highest BCUT2D eigenvalue weighted by Gasteiger charge is 2.14. The quantitative estimate of drug-likeness (QED) is 0.939. The third-order valence-electron chi connectivity index (χ3n) is 2.63. The van der Waals surface area contributed by atoms with Crippen molar-refractivity contribution in [3.63, 3.8) is 0 Å². The average Bonchev–Trinajstić information content (AvgIpc) is 2.87. The van der Waals surface area contributed by atoms with Crippen molar-refractivity contribution in [3.05, 3.63) is 28.6 Å². The molecule has 0 bridgehead atoms. The first kappa shape index (κ1) is 13.0. The van der Waals surface area contributed by atoms with E-state index in [1.54, 1.807) is 7.11 Å². The lowest BCUT2D eigenvalue weighted by Gasteiger charge is -2.03. The molecule has 0 amide bonds. The molecule has 0 aliphatic rings. The number of nitrogens with two attached hydrogens (primary N) is 1. The molecule has 1 unspecified atom stereocenters. The first-order valence-electron chi connectivity index (χ1n) is 5.53. The summed E-state index contributed by atoms with van der Waals surface area (Å²) in [6.45, 7) is 2.43. The summed E-state index contributed by atoms with van der Waals surface area (Å²) in [4.78, 5) is 4.33. The number of benzene rings is 1. The molecule has 5 nitrogen and oxygen atoms in total. The zero-order valence-corrected chi connectivity index (χ0v) is 11.8. The van der Waals surface area contributed by atoms with Gasteiger partial charge in [0.15, 0.2) is 0 Å². The Hall–Kier alpha value is -1.40. The number of nitrogens with zero attached hydrogens (tertiary/aromatic N) is 2. The van der Waals surface area contributed by atoms with E-state index in [1.165, 1.54) is 0 Å². The maximum atomic E-state index is 5.56. The van der Waals surface area contributed by atoms with E-state index >= 15 is 0 Å². The maximum Gasteiger partial charge on any atom is 0.231 e. The second-order valence-electron chi connectivity index (χ2n) is 3.94. The molecule has 1 atom stereocenters. The Morgan fingerprint density at radius 2 is 2.28 bits per heavy atom. The van der Waals surface area contributed by atoms with Crippen LogP contribution in [-0.4, -0.2) is 23.8 Å². The minimum Gasteiger partial charge on any atom is -0.496 e. The van der Waals surface area contributed by atoms with E-state index in [4.69, 9.17) is 15.0 Å². The molecule has 2 N–H and O–H groups in total. The number of methoxy groups -OCH3 is 1. The van der Waals surface area contributed by atoms with Gasteiger partial charge in [-0.2, -0.15) is 4.98 Å². The molecule has 1 aromatic carbocycles. The molecule has 6 heteroatoms. The topological polar surface area (TPSA) is 74.2 Å². The van der Waals surface area contributed by atoms with Gasteiger partial charge >= 0.3 is 0 Å². The molecule has 0 aliphatic heterocycles. The molecule has 0 radical (unpaired) electrons. The van der Waals surface area contributed by atoms with Crippen LogP contribution in [0.25, 0.3) is 11.4 Å². The highest BCUT2D eigenvalue weighted by atomic mass is 79.9. The fourth-order valence-corrected chi connectivity index (χ4v) is 2.00. The van der Waals surface area contributed by atoms with Crippen LogP contribution in [0, 0.1) is 0 Å². The maximum absolute atomic E-state index is 5.56. The van der Waals surface area contributed by atoms with Gasteiger partial charge in [0.25, 0.3) is 0 Å². The van der Waals surface area contributed by atoms with E-state index in [1.807, 2.05) is 25.1 Å². The average molecular weight is 312 g/mol. The van der Waals surface area contributed by atoms with E-state index in [0.29, 0.717) is 18.3 Å². The molecule has 0 spiro atoms. The summed E-state index contributed by atoms with van der Waals surface area (Å²) >= 11 is 3.42. The summed E-state index contributed by atoms with van der Waals surface area (Å²) in [7, 11) is 1.62. The number of ether oxygens (including phenoxy) is 1. The first-order valence-corrected chi connectivity index (χ1v) is 6.32. The molecule has 0 saturated carbocycles. The summed E-state index contributed by atoms with van der Waals surface area (Å²) in [5.41, 5.74) is 6.43.